The van der Waals surface area contributed by atoms with Crippen molar-refractivity contribution in [3.05, 3.63) is 65.9 Å². The first-order chi connectivity index (χ1) is 12.2. The summed E-state index contributed by atoms with van der Waals surface area (Å²) in [6.45, 7) is 2.43. The van der Waals surface area contributed by atoms with Gasteiger partial charge in [0, 0.05) is 23.0 Å². The van der Waals surface area contributed by atoms with E-state index in [9.17, 15) is 10.1 Å². The molecule has 1 heterocycles. The van der Waals surface area contributed by atoms with Crippen molar-refractivity contribution >= 4 is 28.6 Å². The Balaban J connectivity index is 1.81. The van der Waals surface area contributed by atoms with E-state index >= 15 is 0 Å². The second-order valence-electron chi connectivity index (χ2n) is 5.40. The van der Waals surface area contributed by atoms with Gasteiger partial charge >= 0.3 is 0 Å². The summed E-state index contributed by atoms with van der Waals surface area (Å²) in [5.41, 5.74) is 2.26. The minimum absolute atomic E-state index is 0.0216. The van der Waals surface area contributed by atoms with Gasteiger partial charge in [0.05, 0.1) is 6.61 Å². The summed E-state index contributed by atoms with van der Waals surface area (Å²) < 4.78 is 5.41. The van der Waals surface area contributed by atoms with Gasteiger partial charge in [0.1, 0.15) is 17.4 Å². The molecule has 0 atom stereocenters. The quantitative estimate of drug-likeness (QED) is 0.545. The zero-order chi connectivity index (χ0) is 17.6. The number of amides is 1. The minimum atomic E-state index is -0.463. The van der Waals surface area contributed by atoms with E-state index in [1.54, 1.807) is 24.3 Å². The molecule has 0 aliphatic heterocycles. The van der Waals surface area contributed by atoms with E-state index < -0.39 is 5.91 Å². The third-order valence-electron chi connectivity index (χ3n) is 3.62. The van der Waals surface area contributed by atoms with Crippen LogP contribution in [0.1, 0.15) is 12.6 Å². The summed E-state index contributed by atoms with van der Waals surface area (Å²) in [7, 11) is 0. The van der Waals surface area contributed by atoms with Crippen molar-refractivity contribution in [1.82, 2.24) is 4.98 Å². The van der Waals surface area contributed by atoms with Gasteiger partial charge in [0.15, 0.2) is 0 Å². The topological polar surface area (TPSA) is 77.9 Å². The smallest absolute Gasteiger partial charge is 0.266 e. The Bertz CT molecular complexity index is 947. The Morgan fingerprint density at radius 3 is 2.84 bits per heavy atom. The number of H-pyrrole nitrogens is 1. The van der Waals surface area contributed by atoms with Gasteiger partial charge < -0.3 is 15.0 Å². The maximum atomic E-state index is 12.4. The third kappa shape index (κ3) is 3.88. The van der Waals surface area contributed by atoms with Gasteiger partial charge in [-0.25, -0.2) is 0 Å². The number of para-hydroxylation sites is 1. The number of rotatable bonds is 5. The Morgan fingerprint density at radius 2 is 2.08 bits per heavy atom. The van der Waals surface area contributed by atoms with E-state index in [0.717, 1.165) is 10.9 Å². The molecule has 0 radical (unpaired) electrons. The van der Waals surface area contributed by atoms with Crippen LogP contribution in [0, 0.1) is 11.3 Å². The molecule has 0 aliphatic carbocycles. The highest BCUT2D eigenvalue weighted by atomic mass is 16.5. The zero-order valence-electron chi connectivity index (χ0n) is 13.7. The van der Waals surface area contributed by atoms with E-state index in [-0.39, 0.29) is 5.57 Å². The molecule has 5 heteroatoms. The van der Waals surface area contributed by atoms with Crippen LogP contribution >= 0.6 is 0 Å². The fourth-order valence-electron chi connectivity index (χ4n) is 2.51. The van der Waals surface area contributed by atoms with Crippen LogP contribution in [0.15, 0.2) is 60.2 Å². The van der Waals surface area contributed by atoms with Gasteiger partial charge in [-0.3, -0.25) is 4.79 Å². The third-order valence-corrected chi connectivity index (χ3v) is 3.62. The number of aromatic nitrogens is 1. The Morgan fingerprint density at radius 1 is 1.24 bits per heavy atom. The molecule has 1 aromatic heterocycles. The summed E-state index contributed by atoms with van der Waals surface area (Å²) >= 11 is 0. The molecular weight excluding hydrogens is 314 g/mol. The van der Waals surface area contributed by atoms with E-state index in [4.69, 9.17) is 4.74 Å². The molecule has 25 heavy (non-hydrogen) atoms. The second-order valence-corrected chi connectivity index (χ2v) is 5.40. The molecule has 5 nitrogen and oxygen atoms in total. The Kier molecular flexibility index (Phi) is 4.82. The van der Waals surface area contributed by atoms with Crippen molar-refractivity contribution in [2.75, 3.05) is 11.9 Å². The monoisotopic (exact) mass is 331 g/mol. The summed E-state index contributed by atoms with van der Waals surface area (Å²) in [4.78, 5) is 15.6. The number of carbonyl (C=O) groups excluding carboxylic acids is 1. The lowest BCUT2D eigenvalue weighted by Crippen LogP contribution is -2.13. The molecule has 2 N–H and O–H groups in total. The highest BCUT2D eigenvalue weighted by molar-refractivity contribution is 6.09. The van der Waals surface area contributed by atoms with E-state index in [0.29, 0.717) is 23.7 Å². The first-order valence-corrected chi connectivity index (χ1v) is 7.93. The zero-order valence-corrected chi connectivity index (χ0v) is 13.7. The van der Waals surface area contributed by atoms with Crippen LogP contribution in [0.3, 0.4) is 0 Å². The molecule has 124 valence electrons. The lowest BCUT2D eigenvalue weighted by Gasteiger charge is -2.07. The second kappa shape index (κ2) is 7.37. The van der Waals surface area contributed by atoms with Crippen LogP contribution in [0.5, 0.6) is 5.75 Å². The van der Waals surface area contributed by atoms with Gasteiger partial charge in [-0.2, -0.15) is 5.26 Å². The standard InChI is InChI=1S/C20H17N3O2/c1-2-25-18-8-5-7-16(12-18)23-20(24)15(13-21)11-17-10-14-6-3-4-9-19(14)22-17/h3-12,22H,2H2,1H3,(H,23,24)/b15-11+. The number of nitrogens with zero attached hydrogens (tertiary/aromatic N) is 1. The number of carbonyl (C=O) groups is 1. The maximum Gasteiger partial charge on any atom is 0.266 e. The van der Waals surface area contributed by atoms with Gasteiger partial charge in [-0.1, -0.05) is 24.3 Å². The summed E-state index contributed by atoms with van der Waals surface area (Å²) in [6, 6.07) is 18.7. The van der Waals surface area contributed by atoms with Gasteiger partial charge in [-0.05, 0) is 42.7 Å². The van der Waals surface area contributed by atoms with Gasteiger partial charge in [-0.15, -0.1) is 0 Å². The SMILES string of the molecule is CCOc1cccc(NC(=O)/C(C#N)=C/c2cc3ccccc3[nH]2)c1. The Hall–Kier alpha value is -3.52. The highest BCUT2D eigenvalue weighted by Gasteiger charge is 2.11. The lowest BCUT2D eigenvalue weighted by molar-refractivity contribution is -0.112. The minimum Gasteiger partial charge on any atom is -0.494 e. The van der Waals surface area contributed by atoms with Crippen LogP contribution in [0.2, 0.25) is 0 Å². The van der Waals surface area contributed by atoms with Crippen molar-refractivity contribution in [1.29, 1.82) is 5.26 Å². The van der Waals surface area contributed by atoms with Crippen molar-refractivity contribution in [2.24, 2.45) is 0 Å². The van der Waals surface area contributed by atoms with Crippen LogP contribution in [-0.4, -0.2) is 17.5 Å². The van der Waals surface area contributed by atoms with Crippen LogP contribution < -0.4 is 10.1 Å². The molecule has 1 amide bonds. The summed E-state index contributed by atoms with van der Waals surface area (Å²) in [5, 5.41) is 13.1. The average molecular weight is 331 g/mol. The maximum absolute atomic E-state index is 12.4. The van der Waals surface area contributed by atoms with E-state index in [1.807, 2.05) is 49.4 Å². The molecule has 0 unspecified atom stereocenters. The fourth-order valence-corrected chi connectivity index (χ4v) is 2.51. The largest absolute Gasteiger partial charge is 0.494 e. The molecule has 0 saturated heterocycles. The van der Waals surface area contributed by atoms with Crippen molar-refractivity contribution in [3.63, 3.8) is 0 Å². The molecule has 0 aliphatic rings. The van der Waals surface area contributed by atoms with Gasteiger partial charge in [0.2, 0.25) is 0 Å². The number of aromatic amines is 1. The number of benzene rings is 2. The molecule has 0 bridgehead atoms. The number of nitriles is 1. The fraction of sp³-hybridized carbons (Fsp3) is 0.100. The molecule has 3 rings (SSSR count). The number of fused-ring (bicyclic) bond motifs is 1. The molecular formula is C20H17N3O2. The number of ether oxygens (including phenoxy) is 1. The van der Waals surface area contributed by atoms with Crippen LogP contribution in [0.4, 0.5) is 5.69 Å². The molecule has 2 aromatic carbocycles. The normalized spacial score (nSPS) is 11.1. The van der Waals surface area contributed by atoms with Crippen LogP contribution in [-0.2, 0) is 4.79 Å². The number of hydrogen-bond donors (Lipinski definition) is 2. The van der Waals surface area contributed by atoms with Crippen LogP contribution in [0.25, 0.3) is 17.0 Å². The van der Waals surface area contributed by atoms with E-state index in [2.05, 4.69) is 10.3 Å². The van der Waals surface area contributed by atoms with E-state index in [1.165, 1.54) is 0 Å². The van der Waals surface area contributed by atoms with Crippen molar-refractivity contribution in [2.45, 2.75) is 6.92 Å². The summed E-state index contributed by atoms with van der Waals surface area (Å²) in [5.74, 6) is 0.202. The average Bonchev–Trinajstić information content (AvgIpc) is 3.02. The molecule has 0 fully saturated rings. The molecule has 0 spiro atoms. The van der Waals surface area contributed by atoms with Crippen molar-refractivity contribution < 1.29 is 9.53 Å². The first-order valence-electron chi connectivity index (χ1n) is 7.93. The Labute approximate surface area is 145 Å². The number of hydrogen-bond acceptors (Lipinski definition) is 3. The van der Waals surface area contributed by atoms with Crippen molar-refractivity contribution in [3.8, 4) is 11.8 Å². The highest BCUT2D eigenvalue weighted by Crippen LogP contribution is 2.19. The number of nitrogens with one attached hydrogen (secondary N) is 2. The predicted molar refractivity (Wildman–Crippen MR) is 98.1 cm³/mol. The summed E-state index contributed by atoms with van der Waals surface area (Å²) in [6.07, 6.45) is 1.54. The molecule has 3 aromatic rings. The molecule has 0 saturated carbocycles. The lowest BCUT2D eigenvalue weighted by atomic mass is 10.2. The first kappa shape index (κ1) is 16.3. The predicted octanol–water partition coefficient (Wildman–Crippen LogP) is 4.11. The number of anilines is 1. The van der Waals surface area contributed by atoms with Gasteiger partial charge in [0.25, 0.3) is 5.91 Å².